The first kappa shape index (κ1) is 9.99. The van der Waals surface area contributed by atoms with Crippen LogP contribution in [0.5, 0.6) is 0 Å². The monoisotopic (exact) mass is 220 g/mol. The average Bonchev–Trinajstić information content (AvgIpc) is 2.61. The van der Waals surface area contributed by atoms with Gasteiger partial charge < -0.3 is 4.42 Å². The van der Waals surface area contributed by atoms with E-state index in [1.165, 1.54) is 6.07 Å². The first-order chi connectivity index (χ1) is 7.20. The van der Waals surface area contributed by atoms with Gasteiger partial charge >= 0.3 is 0 Å². The Balaban J connectivity index is 2.52. The van der Waals surface area contributed by atoms with Crippen LogP contribution >= 0.6 is 11.6 Å². The highest BCUT2D eigenvalue weighted by Crippen LogP contribution is 2.28. The molecule has 0 bridgehead atoms. The normalized spacial score (nSPS) is 10.3. The number of furan rings is 1. The van der Waals surface area contributed by atoms with Crippen LogP contribution in [0.1, 0.15) is 15.9 Å². The molecule has 0 N–H and O–H groups in total. The van der Waals surface area contributed by atoms with E-state index in [0.717, 1.165) is 17.4 Å². The zero-order valence-corrected chi connectivity index (χ0v) is 8.91. The number of carbonyl (C=O) groups is 1. The van der Waals surface area contributed by atoms with Gasteiger partial charge in [0.1, 0.15) is 5.76 Å². The highest BCUT2D eigenvalue weighted by molar-refractivity contribution is 6.29. The average molecular weight is 221 g/mol. The molecule has 0 fully saturated rings. The van der Waals surface area contributed by atoms with E-state index < -0.39 is 0 Å². The Labute approximate surface area is 92.5 Å². The maximum Gasteiger partial charge on any atom is 0.194 e. The summed E-state index contributed by atoms with van der Waals surface area (Å²) in [5, 5.41) is 0.229. The molecule has 0 radical (unpaired) electrons. The molecule has 0 aliphatic rings. The zero-order valence-electron chi connectivity index (χ0n) is 8.16. The molecule has 15 heavy (non-hydrogen) atoms. The van der Waals surface area contributed by atoms with Crippen molar-refractivity contribution in [2.24, 2.45) is 0 Å². The van der Waals surface area contributed by atoms with Crippen LogP contribution in [0.15, 0.2) is 34.7 Å². The molecule has 76 valence electrons. The predicted octanol–water partition coefficient (Wildman–Crippen LogP) is 3.72. The molecular formula is C12H9ClO2. The highest BCUT2D eigenvalue weighted by Gasteiger charge is 2.10. The summed E-state index contributed by atoms with van der Waals surface area (Å²) < 4.78 is 5.27. The third-order valence-corrected chi connectivity index (χ3v) is 2.36. The summed E-state index contributed by atoms with van der Waals surface area (Å²) in [6, 6.07) is 9.24. The van der Waals surface area contributed by atoms with Crippen molar-refractivity contribution in [1.29, 1.82) is 0 Å². The van der Waals surface area contributed by atoms with E-state index in [9.17, 15) is 4.79 Å². The quantitative estimate of drug-likeness (QED) is 0.722. The molecule has 0 unspecified atom stereocenters. The molecule has 1 heterocycles. The van der Waals surface area contributed by atoms with E-state index in [2.05, 4.69) is 0 Å². The Morgan fingerprint density at radius 2 is 1.93 bits per heavy atom. The van der Waals surface area contributed by atoms with Gasteiger partial charge in [-0.15, -0.1) is 0 Å². The Morgan fingerprint density at radius 1 is 1.27 bits per heavy atom. The number of carbonyl (C=O) groups excluding carboxylic acids is 1. The minimum Gasteiger partial charge on any atom is -0.444 e. The van der Waals surface area contributed by atoms with Crippen LogP contribution in [0.3, 0.4) is 0 Å². The Kier molecular flexibility index (Phi) is 2.60. The lowest BCUT2D eigenvalue weighted by atomic mass is 10.1. The highest BCUT2D eigenvalue weighted by atomic mass is 35.5. The van der Waals surface area contributed by atoms with Crippen molar-refractivity contribution in [1.82, 2.24) is 0 Å². The Morgan fingerprint density at radius 3 is 2.53 bits per heavy atom. The van der Waals surface area contributed by atoms with Gasteiger partial charge in [-0.1, -0.05) is 29.8 Å². The lowest BCUT2D eigenvalue weighted by molar-refractivity contribution is 0.112. The molecule has 0 aliphatic carbocycles. The van der Waals surface area contributed by atoms with Crippen LogP contribution in [0.4, 0.5) is 0 Å². The standard InChI is InChI=1S/C12H9ClO2/c1-8-2-4-9(5-3-8)12-10(7-14)6-11(13)15-12/h2-7H,1H3. The van der Waals surface area contributed by atoms with Crippen LogP contribution in [-0.4, -0.2) is 6.29 Å². The van der Waals surface area contributed by atoms with Crippen LogP contribution in [0, 0.1) is 6.92 Å². The smallest absolute Gasteiger partial charge is 0.194 e. The SMILES string of the molecule is Cc1ccc(-c2oc(Cl)cc2C=O)cc1. The lowest BCUT2D eigenvalue weighted by Crippen LogP contribution is -1.81. The van der Waals surface area contributed by atoms with Crippen molar-refractivity contribution in [2.45, 2.75) is 6.92 Å². The summed E-state index contributed by atoms with van der Waals surface area (Å²) in [5.41, 5.74) is 2.49. The fourth-order valence-corrected chi connectivity index (χ4v) is 1.59. The molecule has 0 aliphatic heterocycles. The van der Waals surface area contributed by atoms with Crippen LogP contribution in [-0.2, 0) is 0 Å². The maximum atomic E-state index is 10.8. The lowest BCUT2D eigenvalue weighted by Gasteiger charge is -1.98. The van der Waals surface area contributed by atoms with E-state index >= 15 is 0 Å². The number of hydrogen-bond donors (Lipinski definition) is 0. The van der Waals surface area contributed by atoms with E-state index in [-0.39, 0.29) is 5.22 Å². The second kappa shape index (κ2) is 3.91. The molecule has 2 aromatic rings. The van der Waals surface area contributed by atoms with Crippen molar-refractivity contribution in [2.75, 3.05) is 0 Å². The summed E-state index contributed by atoms with van der Waals surface area (Å²) in [6.07, 6.45) is 0.741. The fraction of sp³-hybridized carbons (Fsp3) is 0.0833. The number of halogens is 1. The Hall–Kier alpha value is -1.54. The largest absolute Gasteiger partial charge is 0.444 e. The van der Waals surface area contributed by atoms with Gasteiger partial charge in [-0.05, 0) is 18.5 Å². The number of rotatable bonds is 2. The molecule has 0 saturated heterocycles. The van der Waals surface area contributed by atoms with Crippen molar-refractivity contribution < 1.29 is 9.21 Å². The summed E-state index contributed by atoms with van der Waals surface area (Å²) >= 11 is 5.70. The Bertz CT molecular complexity index is 483. The minimum atomic E-state index is 0.229. The third kappa shape index (κ3) is 1.95. The van der Waals surface area contributed by atoms with E-state index in [1.807, 2.05) is 31.2 Å². The molecule has 2 rings (SSSR count). The third-order valence-electron chi connectivity index (χ3n) is 2.17. The molecule has 3 heteroatoms. The van der Waals surface area contributed by atoms with E-state index in [4.69, 9.17) is 16.0 Å². The molecule has 0 saturated carbocycles. The van der Waals surface area contributed by atoms with Gasteiger partial charge in [-0.25, -0.2) is 0 Å². The fourth-order valence-electron chi connectivity index (χ4n) is 1.39. The van der Waals surface area contributed by atoms with Gasteiger partial charge in [0, 0.05) is 11.6 Å². The molecule has 1 aromatic heterocycles. The second-order valence-electron chi connectivity index (χ2n) is 3.32. The molecule has 0 atom stereocenters. The molecule has 0 spiro atoms. The van der Waals surface area contributed by atoms with Crippen molar-refractivity contribution in [3.05, 3.63) is 46.7 Å². The minimum absolute atomic E-state index is 0.229. The van der Waals surface area contributed by atoms with E-state index in [1.54, 1.807) is 0 Å². The van der Waals surface area contributed by atoms with Crippen molar-refractivity contribution >= 4 is 17.9 Å². The number of aryl methyl sites for hydroxylation is 1. The van der Waals surface area contributed by atoms with Gasteiger partial charge in [-0.3, -0.25) is 4.79 Å². The molecule has 1 aromatic carbocycles. The van der Waals surface area contributed by atoms with Crippen LogP contribution in [0.2, 0.25) is 5.22 Å². The molecular weight excluding hydrogens is 212 g/mol. The number of aldehydes is 1. The second-order valence-corrected chi connectivity index (χ2v) is 3.69. The van der Waals surface area contributed by atoms with Gasteiger partial charge in [0.15, 0.2) is 11.5 Å². The zero-order chi connectivity index (χ0) is 10.8. The number of hydrogen-bond acceptors (Lipinski definition) is 2. The van der Waals surface area contributed by atoms with Crippen molar-refractivity contribution in [3.63, 3.8) is 0 Å². The summed E-state index contributed by atoms with van der Waals surface area (Å²) in [4.78, 5) is 10.8. The molecule has 2 nitrogen and oxygen atoms in total. The van der Waals surface area contributed by atoms with Gasteiger partial charge in [0.05, 0.1) is 5.56 Å². The van der Waals surface area contributed by atoms with Gasteiger partial charge in [-0.2, -0.15) is 0 Å². The first-order valence-corrected chi connectivity index (χ1v) is 4.90. The van der Waals surface area contributed by atoms with Gasteiger partial charge in [0.2, 0.25) is 0 Å². The number of benzene rings is 1. The summed E-state index contributed by atoms with van der Waals surface area (Å²) in [7, 11) is 0. The van der Waals surface area contributed by atoms with Crippen molar-refractivity contribution in [3.8, 4) is 11.3 Å². The molecule has 0 amide bonds. The summed E-state index contributed by atoms with van der Waals surface area (Å²) in [6.45, 7) is 2.00. The predicted molar refractivity (Wildman–Crippen MR) is 59.3 cm³/mol. The van der Waals surface area contributed by atoms with Crippen LogP contribution < -0.4 is 0 Å². The maximum absolute atomic E-state index is 10.8. The van der Waals surface area contributed by atoms with E-state index in [0.29, 0.717) is 11.3 Å². The summed E-state index contributed by atoms with van der Waals surface area (Å²) in [5.74, 6) is 0.523. The van der Waals surface area contributed by atoms with Gasteiger partial charge in [0.25, 0.3) is 0 Å². The first-order valence-electron chi connectivity index (χ1n) is 4.52. The van der Waals surface area contributed by atoms with Crippen LogP contribution in [0.25, 0.3) is 11.3 Å². The topological polar surface area (TPSA) is 30.2 Å².